The maximum Gasteiger partial charge on any atom is 0.142 e. The van der Waals surface area contributed by atoms with Gasteiger partial charge in [0.2, 0.25) is 0 Å². The second-order valence-electron chi connectivity index (χ2n) is 5.09. The number of anilines is 1. The molecule has 0 saturated carbocycles. The van der Waals surface area contributed by atoms with Gasteiger partial charge in [-0.3, -0.25) is 0 Å². The Kier molecular flexibility index (Phi) is 4.51. The Bertz CT molecular complexity index is 562. The van der Waals surface area contributed by atoms with Crippen LogP contribution in [0.25, 0.3) is 0 Å². The van der Waals surface area contributed by atoms with Crippen LogP contribution in [0.15, 0.2) is 42.5 Å². The third-order valence-electron chi connectivity index (χ3n) is 3.26. The highest BCUT2D eigenvalue weighted by molar-refractivity contribution is 5.56. The van der Waals surface area contributed by atoms with Gasteiger partial charge in [0.05, 0.1) is 12.8 Å². The number of hydrogen-bond acceptors (Lipinski definition) is 3. The number of nitrogens with two attached hydrogens (primary N) is 1. The van der Waals surface area contributed by atoms with Crippen molar-refractivity contribution in [3.8, 4) is 11.5 Å². The lowest BCUT2D eigenvalue weighted by Gasteiger charge is -2.11. The van der Waals surface area contributed by atoms with Crippen molar-refractivity contribution in [1.29, 1.82) is 0 Å². The van der Waals surface area contributed by atoms with Gasteiger partial charge in [0.15, 0.2) is 0 Å². The minimum atomic E-state index is 0.509. The number of hydrogen-bond donors (Lipinski definition) is 1. The van der Waals surface area contributed by atoms with Crippen molar-refractivity contribution >= 4 is 5.69 Å². The lowest BCUT2D eigenvalue weighted by Crippen LogP contribution is -1.99. The fraction of sp³-hybridized carbons (Fsp3) is 0.294. The van der Waals surface area contributed by atoms with Crippen LogP contribution >= 0.6 is 0 Å². The van der Waals surface area contributed by atoms with Crippen LogP contribution in [0.4, 0.5) is 5.69 Å². The standard InChI is InChI=1S/C17H21NO2/c1-12(2)14-6-4-13(5-7-14)11-20-17-9-8-15(19-3)10-16(17)18/h4-10,12H,11,18H2,1-3H3. The molecule has 0 aliphatic heterocycles. The number of ether oxygens (including phenoxy) is 2. The lowest BCUT2D eigenvalue weighted by molar-refractivity contribution is 0.307. The molecule has 0 spiro atoms. The van der Waals surface area contributed by atoms with Gasteiger partial charge in [-0.1, -0.05) is 38.1 Å². The lowest BCUT2D eigenvalue weighted by atomic mass is 10.0. The number of methoxy groups -OCH3 is 1. The molecule has 2 aromatic carbocycles. The summed E-state index contributed by atoms with van der Waals surface area (Å²) in [4.78, 5) is 0. The Hall–Kier alpha value is -2.16. The zero-order valence-electron chi connectivity index (χ0n) is 12.2. The Morgan fingerprint density at radius 1 is 1.05 bits per heavy atom. The van der Waals surface area contributed by atoms with E-state index >= 15 is 0 Å². The summed E-state index contributed by atoms with van der Waals surface area (Å²) < 4.78 is 10.9. The fourth-order valence-electron chi connectivity index (χ4n) is 1.94. The van der Waals surface area contributed by atoms with E-state index in [4.69, 9.17) is 15.2 Å². The molecule has 0 amide bonds. The largest absolute Gasteiger partial charge is 0.497 e. The Morgan fingerprint density at radius 3 is 2.30 bits per heavy atom. The molecule has 0 saturated heterocycles. The predicted octanol–water partition coefficient (Wildman–Crippen LogP) is 3.98. The zero-order chi connectivity index (χ0) is 14.5. The van der Waals surface area contributed by atoms with Gasteiger partial charge in [-0.15, -0.1) is 0 Å². The van der Waals surface area contributed by atoms with Gasteiger partial charge in [0, 0.05) is 6.07 Å². The topological polar surface area (TPSA) is 44.5 Å². The summed E-state index contributed by atoms with van der Waals surface area (Å²) in [6, 6.07) is 13.9. The first-order valence-corrected chi connectivity index (χ1v) is 6.75. The summed E-state index contributed by atoms with van der Waals surface area (Å²) in [5.41, 5.74) is 8.97. The maximum absolute atomic E-state index is 5.92. The second-order valence-corrected chi connectivity index (χ2v) is 5.09. The van der Waals surface area contributed by atoms with Crippen LogP contribution in [0, 0.1) is 0 Å². The van der Waals surface area contributed by atoms with Gasteiger partial charge in [-0.05, 0) is 29.2 Å². The average molecular weight is 271 g/mol. The first-order chi connectivity index (χ1) is 9.60. The van der Waals surface area contributed by atoms with E-state index in [1.807, 2.05) is 12.1 Å². The Labute approximate surface area is 120 Å². The minimum Gasteiger partial charge on any atom is -0.497 e. The summed E-state index contributed by atoms with van der Waals surface area (Å²) in [6.07, 6.45) is 0. The van der Waals surface area contributed by atoms with Crippen molar-refractivity contribution in [3.05, 3.63) is 53.6 Å². The Balaban J connectivity index is 2.01. The van der Waals surface area contributed by atoms with Crippen LogP contribution in [0.5, 0.6) is 11.5 Å². The Morgan fingerprint density at radius 2 is 1.75 bits per heavy atom. The molecule has 0 aromatic heterocycles. The summed E-state index contributed by atoms with van der Waals surface area (Å²) in [7, 11) is 1.62. The average Bonchev–Trinajstić information content (AvgIpc) is 2.46. The maximum atomic E-state index is 5.92. The quantitative estimate of drug-likeness (QED) is 0.836. The normalized spacial score (nSPS) is 10.6. The number of nitrogen functional groups attached to an aromatic ring is 1. The molecule has 0 fully saturated rings. The molecule has 2 N–H and O–H groups in total. The van der Waals surface area contributed by atoms with E-state index in [-0.39, 0.29) is 0 Å². The van der Waals surface area contributed by atoms with E-state index in [0.717, 1.165) is 11.3 Å². The van der Waals surface area contributed by atoms with E-state index in [1.54, 1.807) is 13.2 Å². The van der Waals surface area contributed by atoms with Gasteiger partial charge in [0.25, 0.3) is 0 Å². The van der Waals surface area contributed by atoms with Crippen LogP contribution in [0.3, 0.4) is 0 Å². The van der Waals surface area contributed by atoms with Crippen molar-refractivity contribution in [2.45, 2.75) is 26.4 Å². The van der Waals surface area contributed by atoms with E-state index in [1.165, 1.54) is 5.56 Å². The van der Waals surface area contributed by atoms with Crippen LogP contribution in [0.1, 0.15) is 30.9 Å². The second kappa shape index (κ2) is 6.33. The van der Waals surface area contributed by atoms with E-state index < -0.39 is 0 Å². The van der Waals surface area contributed by atoms with E-state index in [2.05, 4.69) is 38.1 Å². The third kappa shape index (κ3) is 3.44. The van der Waals surface area contributed by atoms with Crippen LogP contribution in [-0.2, 0) is 6.61 Å². The molecule has 0 aliphatic carbocycles. The van der Waals surface area contributed by atoms with Gasteiger partial charge in [0.1, 0.15) is 18.1 Å². The highest BCUT2D eigenvalue weighted by Gasteiger charge is 2.04. The monoisotopic (exact) mass is 271 g/mol. The molecule has 0 unspecified atom stereocenters. The molecule has 106 valence electrons. The zero-order valence-corrected chi connectivity index (χ0v) is 12.2. The molecular formula is C17H21NO2. The predicted molar refractivity (Wildman–Crippen MR) is 82.3 cm³/mol. The first-order valence-electron chi connectivity index (χ1n) is 6.75. The van der Waals surface area contributed by atoms with Crippen molar-refractivity contribution in [2.75, 3.05) is 12.8 Å². The summed E-state index contributed by atoms with van der Waals surface area (Å²) in [5.74, 6) is 1.96. The molecule has 0 heterocycles. The van der Waals surface area contributed by atoms with Gasteiger partial charge in [-0.25, -0.2) is 0 Å². The molecule has 2 aromatic rings. The number of rotatable bonds is 5. The van der Waals surface area contributed by atoms with Crippen molar-refractivity contribution in [2.24, 2.45) is 0 Å². The van der Waals surface area contributed by atoms with Crippen molar-refractivity contribution in [3.63, 3.8) is 0 Å². The number of benzene rings is 2. The van der Waals surface area contributed by atoms with Crippen LogP contribution < -0.4 is 15.2 Å². The third-order valence-corrected chi connectivity index (χ3v) is 3.26. The van der Waals surface area contributed by atoms with Crippen LogP contribution in [-0.4, -0.2) is 7.11 Å². The molecular weight excluding hydrogens is 250 g/mol. The molecule has 0 bridgehead atoms. The van der Waals surface area contributed by atoms with Crippen molar-refractivity contribution < 1.29 is 9.47 Å². The van der Waals surface area contributed by atoms with Gasteiger partial charge >= 0.3 is 0 Å². The molecule has 2 rings (SSSR count). The molecule has 20 heavy (non-hydrogen) atoms. The molecule has 0 aliphatic rings. The van der Waals surface area contributed by atoms with Gasteiger partial charge in [-0.2, -0.15) is 0 Å². The summed E-state index contributed by atoms with van der Waals surface area (Å²) in [5, 5.41) is 0. The summed E-state index contributed by atoms with van der Waals surface area (Å²) in [6.45, 7) is 4.88. The van der Waals surface area contributed by atoms with Crippen LogP contribution in [0.2, 0.25) is 0 Å². The molecule has 0 radical (unpaired) electrons. The smallest absolute Gasteiger partial charge is 0.142 e. The van der Waals surface area contributed by atoms with Gasteiger partial charge < -0.3 is 15.2 Å². The first kappa shape index (κ1) is 14.3. The van der Waals surface area contributed by atoms with Crippen molar-refractivity contribution in [1.82, 2.24) is 0 Å². The SMILES string of the molecule is COc1ccc(OCc2ccc(C(C)C)cc2)c(N)c1. The highest BCUT2D eigenvalue weighted by Crippen LogP contribution is 2.27. The van der Waals surface area contributed by atoms with E-state index in [0.29, 0.717) is 24.0 Å². The summed E-state index contributed by atoms with van der Waals surface area (Å²) >= 11 is 0. The highest BCUT2D eigenvalue weighted by atomic mass is 16.5. The molecule has 0 atom stereocenters. The molecule has 3 nitrogen and oxygen atoms in total. The fourth-order valence-corrected chi connectivity index (χ4v) is 1.94. The molecule has 3 heteroatoms. The minimum absolute atomic E-state index is 0.509. The van der Waals surface area contributed by atoms with E-state index in [9.17, 15) is 0 Å².